The van der Waals surface area contributed by atoms with Gasteiger partial charge < -0.3 is 9.84 Å². The Morgan fingerprint density at radius 2 is 2.12 bits per heavy atom. The molecule has 1 heterocycles. The summed E-state index contributed by atoms with van der Waals surface area (Å²) < 4.78 is 7.01. The number of nitrogens with zero attached hydrogens (tertiary/aromatic N) is 1. The number of aliphatic hydroxyl groups excluding tert-OH is 1. The summed E-state index contributed by atoms with van der Waals surface area (Å²) in [7, 11) is 0. The van der Waals surface area contributed by atoms with Crippen LogP contribution < -0.4 is 0 Å². The third-order valence-electron chi connectivity index (χ3n) is 2.46. The second-order valence-electron chi connectivity index (χ2n) is 3.90. The summed E-state index contributed by atoms with van der Waals surface area (Å²) in [6.45, 7) is 5.59. The van der Waals surface area contributed by atoms with Crippen LogP contribution in [0.4, 0.5) is 0 Å². The van der Waals surface area contributed by atoms with Crippen LogP contribution in [0.3, 0.4) is 0 Å². The summed E-state index contributed by atoms with van der Waals surface area (Å²) >= 11 is 0. The minimum atomic E-state index is -0.549. The third kappa shape index (κ3) is 3.77. The topological polar surface area (TPSA) is 49.5 Å². The molecule has 0 bridgehead atoms. The van der Waals surface area contributed by atoms with E-state index in [9.17, 15) is 9.90 Å². The largest absolute Gasteiger partial charge is 0.458 e. The van der Waals surface area contributed by atoms with Gasteiger partial charge in [0.05, 0.1) is 12.7 Å². The Hall–Kier alpha value is -1.16. The Balaban J connectivity index is 2.84. The van der Waals surface area contributed by atoms with Crippen molar-refractivity contribution in [2.75, 3.05) is 19.7 Å². The third-order valence-corrected chi connectivity index (χ3v) is 2.46. The Morgan fingerprint density at radius 3 is 2.62 bits per heavy atom. The first-order valence-corrected chi connectivity index (χ1v) is 5.80. The average Bonchev–Trinajstić information content (AvgIpc) is 2.71. The molecule has 0 aromatic carbocycles. The van der Waals surface area contributed by atoms with Crippen molar-refractivity contribution in [2.45, 2.75) is 32.8 Å². The lowest BCUT2D eigenvalue weighted by molar-refractivity contribution is -0.504. The zero-order valence-corrected chi connectivity index (χ0v) is 9.98. The summed E-state index contributed by atoms with van der Waals surface area (Å²) in [5, 5.41) is 9.18. The van der Waals surface area contributed by atoms with Crippen LogP contribution in [0.1, 0.15) is 26.7 Å². The van der Waals surface area contributed by atoms with Gasteiger partial charge in [0.1, 0.15) is 13.1 Å². The highest BCUT2D eigenvalue weighted by molar-refractivity contribution is 6.38. The van der Waals surface area contributed by atoms with Crippen molar-refractivity contribution in [1.82, 2.24) is 0 Å². The second kappa shape index (κ2) is 6.43. The molecule has 1 saturated heterocycles. The van der Waals surface area contributed by atoms with Gasteiger partial charge in [-0.15, -0.1) is 0 Å². The van der Waals surface area contributed by atoms with Crippen LogP contribution in [0.25, 0.3) is 0 Å². The fourth-order valence-corrected chi connectivity index (χ4v) is 1.70. The second-order valence-corrected chi connectivity index (χ2v) is 3.90. The maximum Gasteiger partial charge on any atom is 0.403 e. The molecule has 1 rings (SSSR count). The molecule has 0 aromatic heterocycles. The van der Waals surface area contributed by atoms with E-state index in [2.05, 4.69) is 0 Å². The van der Waals surface area contributed by atoms with Crippen molar-refractivity contribution in [3.05, 3.63) is 12.2 Å². The lowest BCUT2D eigenvalue weighted by Crippen LogP contribution is -2.27. The van der Waals surface area contributed by atoms with Crippen molar-refractivity contribution in [3.8, 4) is 0 Å². The molecule has 0 spiro atoms. The molecule has 1 fully saturated rings. The quantitative estimate of drug-likeness (QED) is 0.568. The van der Waals surface area contributed by atoms with Crippen molar-refractivity contribution in [3.63, 3.8) is 0 Å². The Labute approximate surface area is 96.2 Å². The van der Waals surface area contributed by atoms with Gasteiger partial charge in [-0.2, -0.15) is 0 Å². The highest BCUT2D eigenvalue weighted by Gasteiger charge is 2.24. The highest BCUT2D eigenvalue weighted by Crippen LogP contribution is 2.04. The maximum atomic E-state index is 11.7. The van der Waals surface area contributed by atoms with Crippen LogP contribution in [-0.4, -0.2) is 47.2 Å². The summed E-state index contributed by atoms with van der Waals surface area (Å²) in [5.74, 6) is -0.304. The van der Waals surface area contributed by atoms with E-state index in [4.69, 9.17) is 4.74 Å². The van der Waals surface area contributed by atoms with Crippen LogP contribution in [0.2, 0.25) is 0 Å². The molecular weight excluding hydrogens is 206 g/mol. The van der Waals surface area contributed by atoms with Crippen molar-refractivity contribution >= 4 is 11.7 Å². The number of rotatable bonds is 4. The van der Waals surface area contributed by atoms with Gasteiger partial charge in [-0.1, -0.05) is 0 Å². The SMILES string of the molecule is CCOC(=O)C(/C=C\C(C)O)=[N+]1CCCC1. The molecular formula is C12H20NO3+. The number of carbonyl (C=O) groups excluding carboxylic acids is 1. The van der Waals surface area contributed by atoms with Crippen molar-refractivity contribution in [1.29, 1.82) is 0 Å². The van der Waals surface area contributed by atoms with E-state index in [0.29, 0.717) is 12.3 Å². The molecule has 90 valence electrons. The fraction of sp³-hybridized carbons (Fsp3) is 0.667. The molecule has 1 atom stereocenters. The lowest BCUT2D eigenvalue weighted by atomic mass is 10.2. The van der Waals surface area contributed by atoms with Gasteiger partial charge in [0.15, 0.2) is 0 Å². The summed E-state index contributed by atoms with van der Waals surface area (Å²) in [6.07, 6.45) is 4.92. The van der Waals surface area contributed by atoms with E-state index in [1.54, 1.807) is 26.0 Å². The standard InChI is InChI=1S/C12H20NO3/c1-3-16-12(15)11(7-6-10(2)14)13-8-4-5-9-13/h6-7,10,14H,3-5,8-9H2,1-2H3/q+1/b7-6-. The Kier molecular flexibility index (Phi) is 5.19. The lowest BCUT2D eigenvalue weighted by Gasteiger charge is -2.02. The molecule has 4 heteroatoms. The molecule has 1 N–H and O–H groups in total. The van der Waals surface area contributed by atoms with Gasteiger partial charge in [0, 0.05) is 18.9 Å². The number of carbonyl (C=O) groups is 1. The first-order chi connectivity index (χ1) is 7.65. The van der Waals surface area contributed by atoms with Crippen LogP contribution in [0.15, 0.2) is 12.2 Å². The number of hydrogen-bond acceptors (Lipinski definition) is 3. The predicted octanol–water partition coefficient (Wildman–Crippen LogP) is 0.734. The van der Waals surface area contributed by atoms with E-state index >= 15 is 0 Å². The van der Waals surface area contributed by atoms with Gasteiger partial charge in [-0.25, -0.2) is 9.37 Å². The molecule has 16 heavy (non-hydrogen) atoms. The number of esters is 1. The van der Waals surface area contributed by atoms with Gasteiger partial charge in [-0.3, -0.25) is 0 Å². The predicted molar refractivity (Wildman–Crippen MR) is 61.7 cm³/mol. The van der Waals surface area contributed by atoms with E-state index in [1.807, 2.05) is 4.58 Å². The smallest absolute Gasteiger partial charge is 0.403 e. The minimum Gasteiger partial charge on any atom is -0.458 e. The van der Waals surface area contributed by atoms with E-state index in [-0.39, 0.29) is 5.97 Å². The normalized spacial score (nSPS) is 17.8. The molecule has 1 aliphatic rings. The van der Waals surface area contributed by atoms with Gasteiger partial charge in [0.25, 0.3) is 5.71 Å². The monoisotopic (exact) mass is 226 g/mol. The first-order valence-electron chi connectivity index (χ1n) is 5.80. The molecule has 1 aliphatic heterocycles. The van der Waals surface area contributed by atoms with Crippen LogP contribution in [-0.2, 0) is 9.53 Å². The zero-order chi connectivity index (χ0) is 12.0. The molecule has 1 unspecified atom stereocenters. The number of ether oxygens (including phenoxy) is 1. The van der Waals surface area contributed by atoms with Crippen molar-refractivity contribution < 1.29 is 19.2 Å². The fourth-order valence-electron chi connectivity index (χ4n) is 1.70. The van der Waals surface area contributed by atoms with E-state index in [0.717, 1.165) is 25.9 Å². The molecule has 0 saturated carbocycles. The van der Waals surface area contributed by atoms with Crippen LogP contribution >= 0.6 is 0 Å². The maximum absolute atomic E-state index is 11.7. The summed E-state index contributed by atoms with van der Waals surface area (Å²) in [6, 6.07) is 0. The van der Waals surface area contributed by atoms with Gasteiger partial charge >= 0.3 is 5.97 Å². The Morgan fingerprint density at radius 1 is 1.50 bits per heavy atom. The molecule has 0 aromatic rings. The van der Waals surface area contributed by atoms with Crippen molar-refractivity contribution in [2.24, 2.45) is 0 Å². The highest BCUT2D eigenvalue weighted by atomic mass is 16.5. The van der Waals surface area contributed by atoms with Crippen LogP contribution in [0, 0.1) is 0 Å². The van der Waals surface area contributed by atoms with E-state index < -0.39 is 6.10 Å². The molecule has 0 radical (unpaired) electrons. The number of hydrogen-bond donors (Lipinski definition) is 1. The molecule has 0 amide bonds. The average molecular weight is 226 g/mol. The molecule has 4 nitrogen and oxygen atoms in total. The Bertz CT molecular complexity index is 297. The summed E-state index contributed by atoms with van der Waals surface area (Å²) in [5.41, 5.74) is 0.556. The summed E-state index contributed by atoms with van der Waals surface area (Å²) in [4.78, 5) is 11.7. The molecule has 0 aliphatic carbocycles. The minimum absolute atomic E-state index is 0.304. The van der Waals surface area contributed by atoms with Gasteiger partial charge in [0.2, 0.25) is 0 Å². The van der Waals surface area contributed by atoms with Crippen LogP contribution in [0.5, 0.6) is 0 Å². The zero-order valence-electron chi connectivity index (χ0n) is 9.98. The van der Waals surface area contributed by atoms with Gasteiger partial charge in [-0.05, 0) is 19.9 Å². The van der Waals surface area contributed by atoms with E-state index in [1.165, 1.54) is 0 Å². The number of aliphatic hydroxyl groups is 1. The first kappa shape index (κ1) is 12.9.